The maximum absolute atomic E-state index is 6.66. The van der Waals surface area contributed by atoms with Crippen LogP contribution in [0.4, 0.5) is 0 Å². The zero-order valence-corrected chi connectivity index (χ0v) is 17.3. The average Bonchev–Trinajstić information content (AvgIpc) is 2.72. The minimum absolute atomic E-state index is 0.657. The van der Waals surface area contributed by atoms with Gasteiger partial charge in [-0.15, -0.1) is 0 Å². The summed E-state index contributed by atoms with van der Waals surface area (Å²) in [7, 11) is 0. The van der Waals surface area contributed by atoms with Crippen LogP contribution >= 0.6 is 0 Å². The van der Waals surface area contributed by atoms with Gasteiger partial charge in [-0.25, -0.2) is 0 Å². The van der Waals surface area contributed by atoms with Crippen LogP contribution in [0.25, 0.3) is 16.3 Å². The van der Waals surface area contributed by atoms with Crippen molar-refractivity contribution in [2.75, 3.05) is 0 Å². The van der Waals surface area contributed by atoms with E-state index in [1.54, 1.807) is 6.08 Å². The maximum atomic E-state index is 6.66. The minimum atomic E-state index is -0.657. The summed E-state index contributed by atoms with van der Waals surface area (Å²) >= 11 is 0. The summed E-state index contributed by atoms with van der Waals surface area (Å²) in [5.74, 6) is 0.881. The van der Waals surface area contributed by atoms with Crippen LogP contribution < -0.4 is 4.74 Å². The van der Waals surface area contributed by atoms with Gasteiger partial charge in [0.1, 0.15) is 5.75 Å². The first kappa shape index (κ1) is 19.7. The third-order valence-electron chi connectivity index (χ3n) is 5.47. The van der Waals surface area contributed by atoms with E-state index in [2.05, 4.69) is 87.7 Å². The Morgan fingerprint density at radius 3 is 2.43 bits per heavy atom. The quantitative estimate of drug-likeness (QED) is 0.390. The van der Waals surface area contributed by atoms with Crippen LogP contribution in [-0.4, -0.2) is 5.60 Å². The van der Waals surface area contributed by atoms with E-state index in [9.17, 15) is 0 Å². The fraction of sp³-hybridized carbons (Fsp3) is 0.185. The third-order valence-corrected chi connectivity index (χ3v) is 5.47. The Hall–Kier alpha value is -3.06. The SMILES string of the molecule is C=C/C=C\C(=C/C)C1=CC(C(=C)C)(/C(C)=C/C)Oc2ccc3ccccc3c21. The zero-order chi connectivity index (χ0) is 20.3. The molecule has 3 rings (SSSR count). The highest BCUT2D eigenvalue weighted by Crippen LogP contribution is 2.47. The fourth-order valence-corrected chi connectivity index (χ4v) is 3.79. The second-order valence-electron chi connectivity index (χ2n) is 7.15. The first-order valence-corrected chi connectivity index (χ1v) is 9.67. The van der Waals surface area contributed by atoms with Crippen LogP contribution in [0.1, 0.15) is 33.3 Å². The predicted octanol–water partition coefficient (Wildman–Crippen LogP) is 7.59. The fourth-order valence-electron chi connectivity index (χ4n) is 3.79. The highest BCUT2D eigenvalue weighted by atomic mass is 16.5. The molecule has 0 saturated heterocycles. The highest BCUT2D eigenvalue weighted by Gasteiger charge is 2.38. The summed E-state index contributed by atoms with van der Waals surface area (Å²) in [4.78, 5) is 0. The molecular formula is C27H28O. The molecule has 0 saturated carbocycles. The summed E-state index contributed by atoms with van der Waals surface area (Å²) in [6, 6.07) is 12.6. The molecule has 1 nitrogen and oxygen atoms in total. The molecule has 1 heterocycles. The maximum Gasteiger partial charge on any atom is 0.169 e. The van der Waals surface area contributed by atoms with E-state index in [-0.39, 0.29) is 0 Å². The summed E-state index contributed by atoms with van der Waals surface area (Å²) in [6.45, 7) is 16.3. The molecule has 0 aliphatic carbocycles. The van der Waals surface area contributed by atoms with Crippen molar-refractivity contribution in [2.45, 2.75) is 33.3 Å². The van der Waals surface area contributed by atoms with Gasteiger partial charge in [-0.2, -0.15) is 0 Å². The zero-order valence-electron chi connectivity index (χ0n) is 17.3. The summed E-state index contributed by atoms with van der Waals surface area (Å²) in [6.07, 6.45) is 12.3. The van der Waals surface area contributed by atoms with E-state index >= 15 is 0 Å². The Morgan fingerprint density at radius 2 is 1.79 bits per heavy atom. The van der Waals surface area contributed by atoms with Gasteiger partial charge in [0.2, 0.25) is 0 Å². The molecule has 0 aromatic heterocycles. The molecule has 0 fully saturated rings. The lowest BCUT2D eigenvalue weighted by Gasteiger charge is -2.39. The number of rotatable bonds is 5. The van der Waals surface area contributed by atoms with Gasteiger partial charge in [-0.1, -0.05) is 73.9 Å². The Bertz CT molecular complexity index is 1060. The van der Waals surface area contributed by atoms with E-state index in [0.717, 1.165) is 33.6 Å². The Morgan fingerprint density at radius 1 is 1.04 bits per heavy atom. The molecule has 1 heteroatoms. The molecule has 0 amide bonds. The molecule has 142 valence electrons. The normalized spacial score (nSPS) is 19.9. The molecule has 0 bridgehead atoms. The molecule has 1 atom stereocenters. The molecule has 1 aliphatic rings. The van der Waals surface area contributed by atoms with Gasteiger partial charge < -0.3 is 4.74 Å². The van der Waals surface area contributed by atoms with Crippen molar-refractivity contribution in [1.82, 2.24) is 0 Å². The summed E-state index contributed by atoms with van der Waals surface area (Å²) in [5, 5.41) is 2.38. The van der Waals surface area contributed by atoms with Crippen LogP contribution in [0.3, 0.4) is 0 Å². The largest absolute Gasteiger partial charge is 0.474 e. The molecule has 1 unspecified atom stereocenters. The Kier molecular flexibility index (Phi) is 5.56. The molecule has 0 N–H and O–H groups in total. The number of benzene rings is 2. The summed E-state index contributed by atoms with van der Waals surface area (Å²) < 4.78 is 6.66. The second-order valence-corrected chi connectivity index (χ2v) is 7.15. The van der Waals surface area contributed by atoms with Crippen molar-refractivity contribution >= 4 is 16.3 Å². The van der Waals surface area contributed by atoms with Crippen molar-refractivity contribution in [3.05, 3.63) is 108 Å². The first-order chi connectivity index (χ1) is 13.5. The Labute approximate surface area is 168 Å². The van der Waals surface area contributed by atoms with Gasteiger partial charge in [-0.3, -0.25) is 0 Å². The number of allylic oxidation sites excluding steroid dienone is 7. The van der Waals surface area contributed by atoms with E-state index in [0.29, 0.717) is 0 Å². The topological polar surface area (TPSA) is 9.23 Å². The number of hydrogen-bond donors (Lipinski definition) is 0. The van der Waals surface area contributed by atoms with E-state index in [4.69, 9.17) is 4.74 Å². The number of hydrogen-bond acceptors (Lipinski definition) is 1. The van der Waals surface area contributed by atoms with Gasteiger partial charge in [0.25, 0.3) is 0 Å². The molecule has 2 aromatic rings. The summed E-state index contributed by atoms with van der Waals surface area (Å²) in [5.41, 5.74) is 4.84. The van der Waals surface area contributed by atoms with Gasteiger partial charge in [0, 0.05) is 5.56 Å². The number of ether oxygens (including phenoxy) is 1. The van der Waals surface area contributed by atoms with E-state index < -0.39 is 5.60 Å². The molecule has 0 spiro atoms. The van der Waals surface area contributed by atoms with Gasteiger partial charge in [0.05, 0.1) is 0 Å². The standard InChI is InChI=1S/C27H28O/c1-7-10-13-21(9-3)24-18-27(19(4)5,20(6)8-2)28-25-17-16-22-14-11-12-15-23(22)26(24)25/h7-18H,1,4H2,2-3,5-6H3/b13-10-,20-8+,21-9+. The lowest BCUT2D eigenvalue weighted by molar-refractivity contribution is 0.193. The molecule has 28 heavy (non-hydrogen) atoms. The molecular weight excluding hydrogens is 340 g/mol. The highest BCUT2D eigenvalue weighted by molar-refractivity contribution is 6.02. The van der Waals surface area contributed by atoms with Crippen molar-refractivity contribution in [3.63, 3.8) is 0 Å². The van der Waals surface area contributed by atoms with Crippen molar-refractivity contribution in [2.24, 2.45) is 0 Å². The van der Waals surface area contributed by atoms with Crippen LogP contribution in [0.5, 0.6) is 5.75 Å². The monoisotopic (exact) mass is 368 g/mol. The average molecular weight is 369 g/mol. The van der Waals surface area contributed by atoms with Gasteiger partial charge in [0.15, 0.2) is 5.60 Å². The van der Waals surface area contributed by atoms with Gasteiger partial charge >= 0.3 is 0 Å². The lowest BCUT2D eigenvalue weighted by atomic mass is 9.79. The third kappa shape index (κ3) is 3.18. The lowest BCUT2D eigenvalue weighted by Crippen LogP contribution is -2.39. The van der Waals surface area contributed by atoms with Crippen LogP contribution in [-0.2, 0) is 0 Å². The molecule has 2 aromatic carbocycles. The van der Waals surface area contributed by atoms with E-state index in [1.165, 1.54) is 10.8 Å². The van der Waals surface area contributed by atoms with Crippen molar-refractivity contribution in [3.8, 4) is 5.75 Å². The van der Waals surface area contributed by atoms with Crippen molar-refractivity contribution in [1.29, 1.82) is 0 Å². The second kappa shape index (κ2) is 7.90. The number of fused-ring (bicyclic) bond motifs is 3. The predicted molar refractivity (Wildman–Crippen MR) is 123 cm³/mol. The van der Waals surface area contributed by atoms with Crippen molar-refractivity contribution < 1.29 is 4.74 Å². The first-order valence-electron chi connectivity index (χ1n) is 9.67. The smallest absolute Gasteiger partial charge is 0.169 e. The van der Waals surface area contributed by atoms with Crippen LogP contribution in [0, 0.1) is 0 Å². The van der Waals surface area contributed by atoms with E-state index in [1.807, 2.05) is 19.9 Å². The van der Waals surface area contributed by atoms with Crippen LogP contribution in [0.2, 0.25) is 0 Å². The minimum Gasteiger partial charge on any atom is -0.474 e. The van der Waals surface area contributed by atoms with Crippen LogP contribution in [0.15, 0.2) is 103 Å². The van der Waals surface area contributed by atoms with Gasteiger partial charge in [-0.05, 0) is 72.9 Å². The molecule has 0 radical (unpaired) electrons. The molecule has 1 aliphatic heterocycles. The Balaban J connectivity index is 2.41.